The first kappa shape index (κ1) is 17.5. The highest BCUT2D eigenvalue weighted by atomic mass is 19.1. The van der Waals surface area contributed by atoms with E-state index in [0.717, 1.165) is 42.9 Å². The Labute approximate surface area is 147 Å². The lowest BCUT2D eigenvalue weighted by Gasteiger charge is -2.33. The zero-order chi connectivity index (χ0) is 17.6. The van der Waals surface area contributed by atoms with Crippen molar-refractivity contribution in [3.63, 3.8) is 0 Å². The van der Waals surface area contributed by atoms with Gasteiger partial charge < -0.3 is 5.32 Å². The molecule has 1 saturated heterocycles. The molecule has 1 aliphatic rings. The first-order valence-electron chi connectivity index (χ1n) is 8.68. The van der Waals surface area contributed by atoms with Crippen LogP contribution in [0.1, 0.15) is 42.3 Å². The number of rotatable bonds is 5. The van der Waals surface area contributed by atoms with Gasteiger partial charge in [-0.25, -0.2) is 4.39 Å². The molecule has 0 bridgehead atoms. The number of piperidine rings is 1. The van der Waals surface area contributed by atoms with Crippen molar-refractivity contribution >= 4 is 5.91 Å². The Bertz CT molecular complexity index is 696. The lowest BCUT2D eigenvalue weighted by molar-refractivity contribution is -0.127. The van der Waals surface area contributed by atoms with Gasteiger partial charge in [-0.2, -0.15) is 0 Å². The van der Waals surface area contributed by atoms with Crippen molar-refractivity contribution < 1.29 is 9.18 Å². The van der Waals surface area contributed by atoms with Crippen molar-refractivity contribution in [2.24, 2.45) is 0 Å². The molecule has 1 atom stereocenters. The third-order valence-corrected chi connectivity index (χ3v) is 4.47. The van der Waals surface area contributed by atoms with Gasteiger partial charge in [0.25, 0.3) is 0 Å². The number of amides is 1. The van der Waals surface area contributed by atoms with E-state index in [1.807, 2.05) is 6.92 Å². The van der Waals surface area contributed by atoms with Crippen LogP contribution in [-0.2, 0) is 11.3 Å². The second-order valence-corrected chi connectivity index (χ2v) is 6.42. The Morgan fingerprint density at radius 1 is 1.16 bits per heavy atom. The zero-order valence-electron chi connectivity index (χ0n) is 14.4. The Morgan fingerprint density at radius 2 is 1.88 bits per heavy atom. The molecule has 6 heteroatoms. The monoisotopic (exact) mass is 342 g/mol. The van der Waals surface area contributed by atoms with Gasteiger partial charge >= 0.3 is 0 Å². The highest BCUT2D eigenvalue weighted by Gasteiger charge is 2.28. The number of benzene rings is 1. The quantitative estimate of drug-likeness (QED) is 0.908. The summed E-state index contributed by atoms with van der Waals surface area (Å²) >= 11 is 0. The minimum absolute atomic E-state index is 0.0871. The van der Waals surface area contributed by atoms with Gasteiger partial charge in [0.05, 0.1) is 24.1 Å². The summed E-state index contributed by atoms with van der Waals surface area (Å²) in [5, 5.41) is 2.95. The van der Waals surface area contributed by atoms with Crippen molar-refractivity contribution in [1.82, 2.24) is 20.2 Å². The number of likely N-dealkylation sites (tertiary alicyclic amines) is 1. The molecule has 1 amide bonds. The predicted octanol–water partition coefficient (Wildman–Crippen LogP) is 2.77. The third-order valence-electron chi connectivity index (χ3n) is 4.47. The molecule has 0 aliphatic carbocycles. The fraction of sp³-hybridized carbons (Fsp3) is 0.421. The largest absolute Gasteiger partial charge is 0.349 e. The number of nitrogens with zero attached hydrogens (tertiary/aromatic N) is 3. The molecule has 25 heavy (non-hydrogen) atoms. The summed E-state index contributed by atoms with van der Waals surface area (Å²) in [7, 11) is 0. The van der Waals surface area contributed by atoms with Gasteiger partial charge in [0.1, 0.15) is 11.9 Å². The van der Waals surface area contributed by atoms with E-state index in [-0.39, 0.29) is 11.7 Å². The normalized spacial score (nSPS) is 16.4. The van der Waals surface area contributed by atoms with E-state index in [1.165, 1.54) is 18.6 Å². The Kier molecular flexibility index (Phi) is 5.71. The number of aryl methyl sites for hydroxylation is 1. The van der Waals surface area contributed by atoms with E-state index in [2.05, 4.69) is 20.2 Å². The van der Waals surface area contributed by atoms with Crippen LogP contribution in [-0.4, -0.2) is 33.9 Å². The van der Waals surface area contributed by atoms with E-state index in [4.69, 9.17) is 0 Å². The molecule has 2 heterocycles. The lowest BCUT2D eigenvalue weighted by atomic mass is 10.0. The molecule has 1 unspecified atom stereocenters. The van der Waals surface area contributed by atoms with Crippen molar-refractivity contribution in [3.05, 3.63) is 59.4 Å². The number of nitrogens with one attached hydrogen (secondary N) is 1. The second kappa shape index (κ2) is 8.16. The van der Waals surface area contributed by atoms with Crippen LogP contribution < -0.4 is 5.32 Å². The molecule has 132 valence electrons. The molecule has 0 radical (unpaired) electrons. The summed E-state index contributed by atoms with van der Waals surface area (Å²) in [5.74, 6) is -0.382. The number of carbonyl (C=O) groups excluding carboxylic acids is 1. The Morgan fingerprint density at radius 3 is 2.52 bits per heavy atom. The van der Waals surface area contributed by atoms with Crippen LogP contribution in [0.15, 0.2) is 36.7 Å². The van der Waals surface area contributed by atoms with Crippen molar-refractivity contribution in [3.8, 4) is 0 Å². The van der Waals surface area contributed by atoms with Gasteiger partial charge in [-0.15, -0.1) is 0 Å². The molecular weight excluding hydrogens is 319 g/mol. The van der Waals surface area contributed by atoms with Gasteiger partial charge in [0.15, 0.2) is 0 Å². The smallest absolute Gasteiger partial charge is 0.242 e. The molecule has 1 aliphatic heterocycles. The summed E-state index contributed by atoms with van der Waals surface area (Å²) in [6.45, 7) is 3.95. The number of aromatic nitrogens is 2. The van der Waals surface area contributed by atoms with Crippen LogP contribution in [0.25, 0.3) is 0 Å². The zero-order valence-corrected chi connectivity index (χ0v) is 14.4. The maximum atomic E-state index is 13.3. The molecule has 3 rings (SSSR count). The van der Waals surface area contributed by atoms with E-state index in [9.17, 15) is 9.18 Å². The third kappa shape index (κ3) is 4.60. The average molecular weight is 342 g/mol. The first-order chi connectivity index (χ1) is 12.1. The number of hydrogen-bond acceptors (Lipinski definition) is 4. The van der Waals surface area contributed by atoms with Gasteiger partial charge in [-0.05, 0) is 50.6 Å². The Balaban J connectivity index is 1.74. The summed E-state index contributed by atoms with van der Waals surface area (Å²) in [6, 6.07) is 5.80. The van der Waals surface area contributed by atoms with Crippen LogP contribution >= 0.6 is 0 Å². The summed E-state index contributed by atoms with van der Waals surface area (Å²) in [6.07, 6.45) is 6.70. The highest BCUT2D eigenvalue weighted by molar-refractivity contribution is 5.83. The second-order valence-electron chi connectivity index (χ2n) is 6.42. The van der Waals surface area contributed by atoms with Gasteiger partial charge in [-0.1, -0.05) is 18.6 Å². The summed E-state index contributed by atoms with van der Waals surface area (Å²) in [5.41, 5.74) is 2.37. The highest BCUT2D eigenvalue weighted by Crippen LogP contribution is 2.25. The van der Waals surface area contributed by atoms with E-state index < -0.39 is 6.04 Å². The molecule has 2 aromatic rings. The van der Waals surface area contributed by atoms with Crippen molar-refractivity contribution in [2.45, 2.75) is 38.8 Å². The Hall–Kier alpha value is -2.34. The maximum absolute atomic E-state index is 13.3. The molecule has 1 N–H and O–H groups in total. The lowest BCUT2D eigenvalue weighted by Crippen LogP contribution is -2.42. The van der Waals surface area contributed by atoms with Crippen molar-refractivity contribution in [1.29, 1.82) is 0 Å². The van der Waals surface area contributed by atoms with E-state index >= 15 is 0 Å². The molecule has 1 fully saturated rings. The minimum Gasteiger partial charge on any atom is -0.349 e. The average Bonchev–Trinajstić information content (AvgIpc) is 2.64. The molecule has 1 aromatic carbocycles. The standard InChI is InChI=1S/C19H23FN4O/c1-14-11-22-17(12-21-14)13-23-19(25)18(24-9-3-2-4-10-24)15-5-7-16(20)8-6-15/h5-8,11-12,18H,2-4,9-10,13H2,1H3,(H,23,25). The molecular formula is C19H23FN4O. The van der Waals surface area contributed by atoms with E-state index in [1.54, 1.807) is 24.5 Å². The predicted molar refractivity (Wildman–Crippen MR) is 93.2 cm³/mol. The first-order valence-corrected chi connectivity index (χ1v) is 8.68. The fourth-order valence-electron chi connectivity index (χ4n) is 3.13. The summed E-state index contributed by atoms with van der Waals surface area (Å²) in [4.78, 5) is 23.5. The van der Waals surface area contributed by atoms with Gasteiger partial charge in [0.2, 0.25) is 5.91 Å². The molecule has 5 nitrogen and oxygen atoms in total. The van der Waals surface area contributed by atoms with Crippen LogP contribution in [0.3, 0.4) is 0 Å². The van der Waals surface area contributed by atoms with Gasteiger partial charge in [-0.3, -0.25) is 19.7 Å². The van der Waals surface area contributed by atoms with E-state index in [0.29, 0.717) is 6.54 Å². The fourth-order valence-corrected chi connectivity index (χ4v) is 3.13. The minimum atomic E-state index is -0.403. The number of halogens is 1. The van der Waals surface area contributed by atoms with Crippen LogP contribution in [0.4, 0.5) is 4.39 Å². The van der Waals surface area contributed by atoms with Crippen LogP contribution in [0.2, 0.25) is 0 Å². The van der Waals surface area contributed by atoms with Gasteiger partial charge in [0, 0.05) is 6.20 Å². The summed E-state index contributed by atoms with van der Waals surface area (Å²) < 4.78 is 13.3. The number of hydrogen-bond donors (Lipinski definition) is 1. The topological polar surface area (TPSA) is 58.1 Å². The molecule has 0 saturated carbocycles. The maximum Gasteiger partial charge on any atom is 0.242 e. The SMILES string of the molecule is Cc1cnc(CNC(=O)C(c2ccc(F)cc2)N2CCCCC2)cn1. The van der Waals surface area contributed by atoms with Crippen molar-refractivity contribution in [2.75, 3.05) is 13.1 Å². The van der Waals surface area contributed by atoms with Crippen LogP contribution in [0, 0.1) is 12.7 Å². The number of carbonyl (C=O) groups is 1. The van der Waals surface area contributed by atoms with Crippen LogP contribution in [0.5, 0.6) is 0 Å². The molecule has 1 aromatic heterocycles. The molecule has 0 spiro atoms.